The molecule has 0 aromatic heterocycles. The second kappa shape index (κ2) is 16.1. The first-order valence-electron chi connectivity index (χ1n) is 3.11. The quantitative estimate of drug-likeness (QED) is 0.628. The van der Waals surface area contributed by atoms with Gasteiger partial charge in [0.25, 0.3) is 0 Å². The van der Waals surface area contributed by atoms with Gasteiger partial charge in [-0.2, -0.15) is 0 Å². The highest BCUT2D eigenvalue weighted by molar-refractivity contribution is 8.01. The van der Waals surface area contributed by atoms with E-state index in [4.69, 9.17) is 0 Å². The van der Waals surface area contributed by atoms with Crippen LogP contribution in [0.1, 0.15) is 13.8 Å². The molecule has 0 aliphatic carbocycles. The van der Waals surface area contributed by atoms with Crippen LogP contribution in [0.15, 0.2) is 23.0 Å². The van der Waals surface area contributed by atoms with Crippen molar-refractivity contribution in [2.45, 2.75) is 13.8 Å². The summed E-state index contributed by atoms with van der Waals surface area (Å²) in [6.45, 7) is 4.02. The molecule has 0 saturated heterocycles. The van der Waals surface area contributed by atoms with Crippen molar-refractivity contribution in [2.24, 2.45) is 0 Å². The van der Waals surface area contributed by atoms with Crippen molar-refractivity contribution in [3.8, 4) is 0 Å². The zero-order valence-electron chi connectivity index (χ0n) is 7.13. The van der Waals surface area contributed by atoms with E-state index in [0.29, 0.717) is 0 Å². The molecular weight excluding hydrogens is 160 g/mol. The Morgan fingerprint density at radius 2 is 1.10 bits per heavy atom. The van der Waals surface area contributed by atoms with Gasteiger partial charge >= 0.3 is 0 Å². The summed E-state index contributed by atoms with van der Waals surface area (Å²) >= 11 is 3.44. The van der Waals surface area contributed by atoms with Crippen molar-refractivity contribution in [3.05, 3.63) is 23.0 Å². The van der Waals surface area contributed by atoms with Crippen molar-refractivity contribution in [2.75, 3.05) is 12.5 Å². The predicted molar refractivity (Wildman–Crippen MR) is 56.7 cm³/mol. The van der Waals surface area contributed by atoms with Gasteiger partial charge in [0.2, 0.25) is 0 Å². The van der Waals surface area contributed by atoms with Crippen LogP contribution in [0.5, 0.6) is 0 Å². The summed E-state index contributed by atoms with van der Waals surface area (Å²) in [7, 11) is 0. The summed E-state index contributed by atoms with van der Waals surface area (Å²) < 4.78 is 0. The first kappa shape index (κ1) is 12.8. The van der Waals surface area contributed by atoms with Crippen molar-refractivity contribution in [1.82, 2.24) is 0 Å². The van der Waals surface area contributed by atoms with Crippen molar-refractivity contribution < 1.29 is 0 Å². The molecule has 0 N–H and O–H groups in total. The average Bonchev–Trinajstić information content (AvgIpc) is 1.93. The fourth-order valence-corrected chi connectivity index (χ4v) is 0.816. The molecule has 0 nitrogen and oxygen atoms in total. The maximum absolute atomic E-state index is 2.04. The van der Waals surface area contributed by atoms with Crippen LogP contribution < -0.4 is 0 Å². The van der Waals surface area contributed by atoms with Crippen LogP contribution in [-0.2, 0) is 0 Å². The lowest BCUT2D eigenvalue weighted by atomic mass is 10.8. The number of rotatable bonds is 2. The van der Waals surface area contributed by atoms with E-state index in [1.807, 2.05) is 49.3 Å². The molecule has 0 aromatic rings. The molecule has 10 heavy (non-hydrogen) atoms. The molecule has 0 amide bonds. The van der Waals surface area contributed by atoms with E-state index in [-0.39, 0.29) is 0 Å². The first-order chi connectivity index (χ1) is 4.83. The average molecular weight is 176 g/mol. The molecule has 0 bridgehead atoms. The van der Waals surface area contributed by atoms with Crippen LogP contribution in [0, 0.1) is 0 Å². The molecule has 0 saturated carbocycles. The molecule has 0 atom stereocenters. The van der Waals surface area contributed by atoms with Gasteiger partial charge in [0.05, 0.1) is 0 Å². The minimum Gasteiger partial charge on any atom is -0.138 e. The molecule has 60 valence electrons. The second-order valence-electron chi connectivity index (χ2n) is 1.41. The van der Waals surface area contributed by atoms with Crippen molar-refractivity contribution in [3.63, 3.8) is 0 Å². The van der Waals surface area contributed by atoms with Gasteiger partial charge in [0.1, 0.15) is 0 Å². The van der Waals surface area contributed by atoms with Gasteiger partial charge in [-0.25, -0.2) is 0 Å². The normalized spacial score (nSPS) is 10.0. The van der Waals surface area contributed by atoms with Crippen LogP contribution in [0.4, 0.5) is 0 Å². The van der Waals surface area contributed by atoms with Crippen molar-refractivity contribution >= 4 is 23.5 Å². The number of thioether (sulfide) groups is 2. The van der Waals surface area contributed by atoms with Gasteiger partial charge in [0, 0.05) is 0 Å². The molecule has 0 aromatic carbocycles. The number of allylic oxidation sites excluding steroid dienone is 2. The Morgan fingerprint density at radius 1 is 0.800 bits per heavy atom. The molecule has 0 unspecified atom stereocenters. The Bertz CT molecular complexity index is 73.3. The molecule has 0 aliphatic rings. The summed E-state index contributed by atoms with van der Waals surface area (Å²) in [4.78, 5) is 0. The molecule has 0 heterocycles. The molecule has 0 spiro atoms. The van der Waals surface area contributed by atoms with E-state index in [0.717, 1.165) is 0 Å². The lowest BCUT2D eigenvalue weighted by Gasteiger charge is -1.66. The zero-order valence-corrected chi connectivity index (χ0v) is 8.76. The fourth-order valence-electron chi connectivity index (χ4n) is 0.272. The first-order valence-corrected chi connectivity index (χ1v) is 5.69. The third kappa shape index (κ3) is 24.1. The zero-order chi connectivity index (χ0) is 8.24. The Morgan fingerprint density at radius 3 is 1.10 bits per heavy atom. The van der Waals surface area contributed by atoms with E-state index < -0.39 is 0 Å². The molecule has 0 aliphatic heterocycles. The summed E-state index contributed by atoms with van der Waals surface area (Å²) in [5.74, 6) is 0. The maximum atomic E-state index is 2.04. The Balaban J connectivity index is 0. The van der Waals surface area contributed by atoms with E-state index in [1.165, 1.54) is 0 Å². The smallest absolute Gasteiger partial charge is 0.0142 e. The monoisotopic (exact) mass is 176 g/mol. The summed E-state index contributed by atoms with van der Waals surface area (Å²) in [5.41, 5.74) is 0. The summed E-state index contributed by atoms with van der Waals surface area (Å²) in [5, 5.41) is 4.08. The predicted octanol–water partition coefficient (Wildman–Crippen LogP) is 3.77. The van der Waals surface area contributed by atoms with Gasteiger partial charge in [-0.15, -0.1) is 23.5 Å². The van der Waals surface area contributed by atoms with Crippen LogP contribution >= 0.6 is 23.5 Å². The van der Waals surface area contributed by atoms with Crippen LogP contribution in [0.2, 0.25) is 0 Å². The minimum atomic E-state index is 1.72. The lowest BCUT2D eigenvalue weighted by molar-refractivity contribution is 1.79. The molecule has 2 heteroatoms. The van der Waals surface area contributed by atoms with Crippen molar-refractivity contribution in [1.29, 1.82) is 0 Å². The van der Waals surface area contributed by atoms with Gasteiger partial charge in [-0.1, -0.05) is 12.2 Å². The van der Waals surface area contributed by atoms with Gasteiger partial charge in [0.15, 0.2) is 0 Å². The largest absolute Gasteiger partial charge is 0.138 e. The number of hydrogen-bond acceptors (Lipinski definition) is 2. The highest BCUT2D eigenvalue weighted by Crippen LogP contribution is 1.90. The van der Waals surface area contributed by atoms with Gasteiger partial charge in [-0.3, -0.25) is 0 Å². The summed E-state index contributed by atoms with van der Waals surface area (Å²) in [6, 6.07) is 0. The third-order valence-corrected chi connectivity index (χ3v) is 1.63. The fraction of sp³-hybridized carbons (Fsp3) is 0.500. The lowest BCUT2D eigenvalue weighted by Crippen LogP contribution is -1.34. The van der Waals surface area contributed by atoms with Crippen LogP contribution in [-0.4, -0.2) is 12.5 Å². The Kier molecular flexibility index (Phi) is 20.6. The van der Waals surface area contributed by atoms with E-state index >= 15 is 0 Å². The SMILES string of the molecule is C/C=C\SC.C/C=C\SC. The van der Waals surface area contributed by atoms with Gasteiger partial charge in [-0.05, 0) is 37.2 Å². The third-order valence-electron chi connectivity index (χ3n) is 0.544. The molecule has 0 rings (SSSR count). The highest BCUT2D eigenvalue weighted by Gasteiger charge is 1.51. The van der Waals surface area contributed by atoms with Gasteiger partial charge < -0.3 is 0 Å². The highest BCUT2D eigenvalue weighted by atomic mass is 32.2. The minimum absolute atomic E-state index is 1.72. The van der Waals surface area contributed by atoms with E-state index in [2.05, 4.69) is 0 Å². The molecular formula is C8H16S2. The number of hydrogen-bond donors (Lipinski definition) is 0. The molecule has 0 fully saturated rings. The maximum Gasteiger partial charge on any atom is -0.0142 e. The standard InChI is InChI=1S/2C4H8S/c2*1-3-4-5-2/h2*3-4H,1-2H3/b2*4-3-. The van der Waals surface area contributed by atoms with E-state index in [9.17, 15) is 0 Å². The van der Waals surface area contributed by atoms with E-state index in [1.54, 1.807) is 23.5 Å². The topological polar surface area (TPSA) is 0 Å². The molecule has 0 radical (unpaired) electrons. The Labute approximate surface area is 73.2 Å². The Hall–Kier alpha value is 0.180. The van der Waals surface area contributed by atoms with Crippen LogP contribution in [0.3, 0.4) is 0 Å². The second-order valence-corrected chi connectivity index (χ2v) is 2.90. The van der Waals surface area contributed by atoms with Crippen LogP contribution in [0.25, 0.3) is 0 Å². The summed E-state index contributed by atoms with van der Waals surface area (Å²) in [6.07, 6.45) is 8.12.